The van der Waals surface area contributed by atoms with E-state index in [1.165, 1.54) is 22.5 Å². The van der Waals surface area contributed by atoms with E-state index in [0.717, 1.165) is 6.42 Å². The van der Waals surface area contributed by atoms with Gasteiger partial charge in [0.2, 0.25) is 10.0 Å². The lowest BCUT2D eigenvalue weighted by Gasteiger charge is -2.20. The number of hydrogen-bond donors (Lipinski definition) is 1. The van der Waals surface area contributed by atoms with E-state index in [9.17, 15) is 13.2 Å². The molecule has 1 aliphatic rings. The van der Waals surface area contributed by atoms with E-state index in [0.29, 0.717) is 16.7 Å². The Morgan fingerprint density at radius 3 is 2.55 bits per heavy atom. The maximum absolute atomic E-state index is 12.5. The van der Waals surface area contributed by atoms with E-state index in [1.807, 2.05) is 36.4 Å². The number of carboxylic acid groups (broad SMARTS) is 1. The van der Waals surface area contributed by atoms with Crippen molar-refractivity contribution < 1.29 is 18.3 Å². The van der Waals surface area contributed by atoms with E-state index >= 15 is 0 Å². The Labute approximate surface area is 132 Å². The van der Waals surface area contributed by atoms with Crippen molar-refractivity contribution in [3.63, 3.8) is 0 Å². The summed E-state index contributed by atoms with van der Waals surface area (Å²) in [6.45, 7) is 4.99. The number of nitrogens with zero attached hydrogens (tertiary/aromatic N) is 1. The van der Waals surface area contributed by atoms with Crippen molar-refractivity contribution in [3.8, 4) is 0 Å². The number of carboxylic acids is 1. The van der Waals surface area contributed by atoms with Gasteiger partial charge < -0.3 is 5.11 Å². The Balaban J connectivity index is 2.41. The first kappa shape index (κ1) is 15.7. The fraction of sp³-hybridized carbons (Fsp3) is 0.462. The number of aromatic carboxylic acids is 1. The highest BCUT2D eigenvalue weighted by atomic mass is 127. The standard InChI is InChI=1S/C13H16INO4S/c1-13(2)5-6-15(8-13)20(18,19)9-3-4-11(14)10(7-9)12(16)17/h3-4,7H,5-6,8H2,1-2H3,(H,16,17). The molecule has 0 saturated carbocycles. The summed E-state index contributed by atoms with van der Waals surface area (Å²) in [7, 11) is -3.62. The lowest BCUT2D eigenvalue weighted by molar-refractivity contribution is 0.0695. The highest BCUT2D eigenvalue weighted by molar-refractivity contribution is 14.1. The van der Waals surface area contributed by atoms with Crippen LogP contribution < -0.4 is 0 Å². The second kappa shape index (κ2) is 5.27. The fourth-order valence-corrected chi connectivity index (χ4v) is 4.47. The number of sulfonamides is 1. The Kier molecular flexibility index (Phi) is 4.14. The molecule has 0 amide bonds. The van der Waals surface area contributed by atoms with Gasteiger partial charge in [0.15, 0.2) is 0 Å². The summed E-state index contributed by atoms with van der Waals surface area (Å²) in [4.78, 5) is 11.2. The third-order valence-corrected chi connectivity index (χ3v) is 6.23. The van der Waals surface area contributed by atoms with Crippen LogP contribution in [0.4, 0.5) is 0 Å². The zero-order chi connectivity index (χ0) is 15.1. The lowest BCUT2D eigenvalue weighted by atomic mass is 9.93. The average molecular weight is 409 g/mol. The monoisotopic (exact) mass is 409 g/mol. The Morgan fingerprint density at radius 1 is 1.40 bits per heavy atom. The molecule has 1 heterocycles. The van der Waals surface area contributed by atoms with Crippen LogP contribution >= 0.6 is 22.6 Å². The molecule has 0 aromatic heterocycles. The summed E-state index contributed by atoms with van der Waals surface area (Å²) in [6, 6.07) is 4.23. The molecule has 5 nitrogen and oxygen atoms in total. The fourth-order valence-electron chi connectivity index (χ4n) is 2.25. The van der Waals surface area contributed by atoms with Crippen LogP contribution in [0, 0.1) is 8.99 Å². The summed E-state index contributed by atoms with van der Waals surface area (Å²) >= 11 is 1.88. The maximum Gasteiger partial charge on any atom is 0.336 e. The van der Waals surface area contributed by atoms with Crippen LogP contribution in [0.15, 0.2) is 23.1 Å². The van der Waals surface area contributed by atoms with Gasteiger partial charge in [-0.3, -0.25) is 0 Å². The van der Waals surface area contributed by atoms with Crippen molar-refractivity contribution in [2.24, 2.45) is 5.41 Å². The molecule has 1 aliphatic heterocycles. The highest BCUT2D eigenvalue weighted by Crippen LogP contribution is 2.33. The number of carbonyl (C=O) groups is 1. The molecular formula is C13H16INO4S. The van der Waals surface area contributed by atoms with Gasteiger partial charge in [-0.15, -0.1) is 0 Å². The summed E-state index contributed by atoms with van der Waals surface area (Å²) in [5.41, 5.74) is -0.0172. The minimum absolute atomic E-state index is 0.0186. The Morgan fingerprint density at radius 2 is 2.05 bits per heavy atom. The van der Waals surface area contributed by atoms with E-state index in [2.05, 4.69) is 0 Å². The van der Waals surface area contributed by atoms with Gasteiger partial charge >= 0.3 is 5.97 Å². The Hall–Kier alpha value is -0.670. The lowest BCUT2D eigenvalue weighted by Crippen LogP contribution is -2.30. The number of hydrogen-bond acceptors (Lipinski definition) is 3. The second-order valence-electron chi connectivity index (χ2n) is 5.70. The highest BCUT2D eigenvalue weighted by Gasteiger charge is 2.37. The molecule has 1 fully saturated rings. The quantitative estimate of drug-likeness (QED) is 0.779. The number of halogens is 1. The van der Waals surface area contributed by atoms with Crippen molar-refractivity contribution in [2.45, 2.75) is 25.2 Å². The first-order valence-electron chi connectivity index (χ1n) is 6.16. The SMILES string of the molecule is CC1(C)CCN(S(=O)(=O)c2ccc(I)c(C(=O)O)c2)C1. The van der Waals surface area contributed by atoms with Gasteiger partial charge in [0.25, 0.3) is 0 Å². The minimum atomic E-state index is -3.62. The minimum Gasteiger partial charge on any atom is -0.478 e. The molecule has 20 heavy (non-hydrogen) atoms. The van der Waals surface area contributed by atoms with E-state index in [1.54, 1.807) is 0 Å². The molecule has 0 spiro atoms. The molecule has 1 aromatic rings. The molecule has 110 valence electrons. The first-order chi connectivity index (χ1) is 9.13. The molecule has 0 bridgehead atoms. The average Bonchev–Trinajstić information content (AvgIpc) is 2.70. The third kappa shape index (κ3) is 2.99. The number of rotatable bonds is 3. The zero-order valence-corrected chi connectivity index (χ0v) is 14.2. The molecule has 1 saturated heterocycles. The second-order valence-corrected chi connectivity index (χ2v) is 8.80. The van der Waals surface area contributed by atoms with Crippen molar-refractivity contribution >= 4 is 38.6 Å². The van der Waals surface area contributed by atoms with Gasteiger partial charge in [-0.2, -0.15) is 4.31 Å². The Bertz CT molecular complexity index is 654. The van der Waals surface area contributed by atoms with Crippen LogP contribution in [-0.2, 0) is 10.0 Å². The van der Waals surface area contributed by atoms with Crippen molar-refractivity contribution in [1.29, 1.82) is 0 Å². The van der Waals surface area contributed by atoms with E-state index in [4.69, 9.17) is 5.11 Å². The van der Waals surface area contributed by atoms with Crippen molar-refractivity contribution in [2.75, 3.05) is 13.1 Å². The molecule has 2 rings (SSSR count). The third-order valence-electron chi connectivity index (χ3n) is 3.45. The molecule has 0 unspecified atom stereocenters. The van der Waals surface area contributed by atoms with Crippen LogP contribution in [0.5, 0.6) is 0 Å². The predicted molar refractivity (Wildman–Crippen MR) is 83.3 cm³/mol. The molecule has 7 heteroatoms. The van der Waals surface area contributed by atoms with Gasteiger partial charge in [-0.25, -0.2) is 13.2 Å². The molecule has 0 aliphatic carbocycles. The molecule has 0 radical (unpaired) electrons. The molecular weight excluding hydrogens is 393 g/mol. The smallest absolute Gasteiger partial charge is 0.336 e. The molecule has 1 N–H and O–H groups in total. The van der Waals surface area contributed by atoms with Crippen LogP contribution in [0.3, 0.4) is 0 Å². The van der Waals surface area contributed by atoms with Crippen LogP contribution in [0.25, 0.3) is 0 Å². The van der Waals surface area contributed by atoms with Gasteiger partial charge in [0.1, 0.15) is 0 Å². The summed E-state index contributed by atoms with van der Waals surface area (Å²) in [5, 5.41) is 9.09. The normalized spacial score (nSPS) is 19.1. The van der Waals surface area contributed by atoms with E-state index in [-0.39, 0.29) is 15.9 Å². The van der Waals surface area contributed by atoms with Crippen LogP contribution in [0.1, 0.15) is 30.6 Å². The topological polar surface area (TPSA) is 74.7 Å². The predicted octanol–water partition coefficient (Wildman–Crippen LogP) is 2.41. The van der Waals surface area contributed by atoms with Crippen molar-refractivity contribution in [1.82, 2.24) is 4.31 Å². The molecule has 0 atom stereocenters. The van der Waals surface area contributed by atoms with Gasteiger partial charge in [0.05, 0.1) is 10.5 Å². The summed E-state index contributed by atoms with van der Waals surface area (Å²) in [6.07, 6.45) is 0.808. The zero-order valence-electron chi connectivity index (χ0n) is 11.3. The maximum atomic E-state index is 12.5. The van der Waals surface area contributed by atoms with Crippen LogP contribution in [-0.4, -0.2) is 36.9 Å². The van der Waals surface area contributed by atoms with Gasteiger partial charge in [-0.05, 0) is 52.6 Å². The van der Waals surface area contributed by atoms with Gasteiger partial charge in [0, 0.05) is 16.7 Å². The van der Waals surface area contributed by atoms with Gasteiger partial charge in [-0.1, -0.05) is 13.8 Å². The summed E-state index contributed by atoms with van der Waals surface area (Å²) in [5.74, 6) is -1.12. The molecule has 1 aromatic carbocycles. The van der Waals surface area contributed by atoms with E-state index < -0.39 is 16.0 Å². The summed E-state index contributed by atoms with van der Waals surface area (Å²) < 4.78 is 27.0. The van der Waals surface area contributed by atoms with Crippen LogP contribution in [0.2, 0.25) is 0 Å². The first-order valence-corrected chi connectivity index (χ1v) is 8.68. The largest absolute Gasteiger partial charge is 0.478 e. The van der Waals surface area contributed by atoms with Crippen molar-refractivity contribution in [3.05, 3.63) is 27.3 Å². The number of benzene rings is 1.